The number of rotatable bonds is 5. The first-order valence-corrected chi connectivity index (χ1v) is 12.7. The highest BCUT2D eigenvalue weighted by atomic mass is 35.5. The third-order valence-corrected chi connectivity index (χ3v) is 8.76. The van der Waals surface area contributed by atoms with Crippen LogP contribution in [0.25, 0.3) is 0 Å². The molecule has 2 spiro atoms. The molecule has 3 aliphatic rings. The molecule has 190 valence electrons. The van der Waals surface area contributed by atoms with Gasteiger partial charge in [0, 0.05) is 28.7 Å². The molecule has 2 aliphatic heterocycles. The quantitative estimate of drug-likeness (QED) is 0.495. The molecule has 3 N–H and O–H groups in total. The van der Waals surface area contributed by atoms with Crippen molar-refractivity contribution < 1.29 is 29.0 Å². The minimum atomic E-state index is -1.50. The number of carbonyl (C=O) groups excluding carboxylic acids is 1. The minimum Gasteiger partial charge on any atom is -0.481 e. The summed E-state index contributed by atoms with van der Waals surface area (Å²) in [5, 5.41) is 23.2. The van der Waals surface area contributed by atoms with E-state index in [2.05, 4.69) is 5.32 Å². The van der Waals surface area contributed by atoms with Gasteiger partial charge in [-0.15, -0.1) is 0 Å². The lowest BCUT2D eigenvalue weighted by molar-refractivity contribution is -0.146. The summed E-state index contributed by atoms with van der Waals surface area (Å²) in [6.07, 6.45) is 2.95. The van der Waals surface area contributed by atoms with Crippen LogP contribution in [0.15, 0.2) is 36.4 Å². The molecule has 7 nitrogen and oxygen atoms in total. The monoisotopic (exact) mass is 534 g/mol. The van der Waals surface area contributed by atoms with Crippen molar-refractivity contribution in [2.24, 2.45) is 0 Å². The van der Waals surface area contributed by atoms with Crippen molar-refractivity contribution in [3.05, 3.63) is 63.4 Å². The number of amides is 1. The molecule has 1 amide bonds. The molecule has 2 aromatic carbocycles. The molecular weight excluding hydrogens is 510 g/mol. The summed E-state index contributed by atoms with van der Waals surface area (Å²) < 4.78 is 15.7. The van der Waals surface area contributed by atoms with Crippen LogP contribution in [0, 0.1) is 5.82 Å². The van der Waals surface area contributed by atoms with Crippen LogP contribution in [0.2, 0.25) is 10.0 Å². The maximum Gasteiger partial charge on any atom is 0.321 e. The van der Waals surface area contributed by atoms with Crippen LogP contribution in [0.4, 0.5) is 10.1 Å². The van der Waals surface area contributed by atoms with E-state index in [1.807, 2.05) is 0 Å². The highest BCUT2D eigenvalue weighted by Gasteiger charge is 2.75. The number of benzene rings is 2. The van der Waals surface area contributed by atoms with E-state index >= 15 is 4.39 Å². The van der Waals surface area contributed by atoms with Gasteiger partial charge in [-0.1, -0.05) is 60.7 Å². The summed E-state index contributed by atoms with van der Waals surface area (Å²) in [7, 11) is 0. The molecule has 3 atom stereocenters. The number of nitrogens with zero attached hydrogens (tertiary/aromatic N) is 1. The van der Waals surface area contributed by atoms with E-state index in [0.717, 1.165) is 19.3 Å². The van der Waals surface area contributed by atoms with E-state index in [4.69, 9.17) is 23.2 Å². The molecule has 2 unspecified atom stereocenters. The number of anilines is 1. The van der Waals surface area contributed by atoms with Gasteiger partial charge in [0.15, 0.2) is 0 Å². The van der Waals surface area contributed by atoms with Gasteiger partial charge in [0.2, 0.25) is 5.91 Å². The first kappa shape index (κ1) is 25.0. The summed E-state index contributed by atoms with van der Waals surface area (Å²) in [6.45, 7) is -0.0943. The summed E-state index contributed by atoms with van der Waals surface area (Å²) in [5.74, 6) is -4.71. The van der Waals surface area contributed by atoms with Crippen molar-refractivity contribution in [3.8, 4) is 0 Å². The number of halogens is 3. The molecule has 36 heavy (non-hydrogen) atoms. The Labute approximate surface area is 217 Å². The Morgan fingerprint density at radius 3 is 2.50 bits per heavy atom. The van der Waals surface area contributed by atoms with Gasteiger partial charge in [0.25, 0.3) is 0 Å². The number of nitrogens with one attached hydrogen (secondary N) is 1. The first-order chi connectivity index (χ1) is 17.1. The van der Waals surface area contributed by atoms with E-state index in [9.17, 15) is 24.6 Å². The molecule has 1 saturated carbocycles. The van der Waals surface area contributed by atoms with Crippen LogP contribution in [0.3, 0.4) is 0 Å². The topological polar surface area (TPSA) is 107 Å². The van der Waals surface area contributed by atoms with Crippen molar-refractivity contribution in [2.45, 2.75) is 61.4 Å². The van der Waals surface area contributed by atoms with Gasteiger partial charge in [-0.2, -0.15) is 0 Å². The second kappa shape index (κ2) is 9.01. The Morgan fingerprint density at radius 1 is 1.11 bits per heavy atom. The number of carbonyl (C=O) groups is 3. The van der Waals surface area contributed by atoms with E-state index in [1.54, 1.807) is 23.1 Å². The molecule has 1 saturated heterocycles. The fourth-order valence-corrected chi connectivity index (χ4v) is 7.46. The smallest absolute Gasteiger partial charge is 0.321 e. The highest BCUT2D eigenvalue weighted by molar-refractivity contribution is 6.31. The average Bonchev–Trinajstić information content (AvgIpc) is 3.25. The Kier molecular flexibility index (Phi) is 6.25. The van der Waals surface area contributed by atoms with Gasteiger partial charge in [0.05, 0.1) is 11.4 Å². The number of fused-ring (bicyclic) bond motifs is 3. The fourth-order valence-electron chi connectivity index (χ4n) is 7.10. The third kappa shape index (κ3) is 3.38. The summed E-state index contributed by atoms with van der Waals surface area (Å²) in [4.78, 5) is 40.5. The number of hydrogen-bond donors (Lipinski definition) is 3. The Balaban J connectivity index is 1.88. The van der Waals surface area contributed by atoms with Crippen LogP contribution in [-0.2, 0) is 19.8 Å². The second-order valence-corrected chi connectivity index (χ2v) is 10.6. The third-order valence-electron chi connectivity index (χ3n) is 8.23. The molecule has 1 aliphatic carbocycles. The van der Waals surface area contributed by atoms with Crippen LogP contribution < -0.4 is 5.32 Å². The number of aliphatic carboxylic acids is 2. The van der Waals surface area contributed by atoms with Crippen LogP contribution in [0.1, 0.15) is 55.6 Å². The van der Waals surface area contributed by atoms with Gasteiger partial charge in [-0.25, -0.2) is 4.39 Å². The molecule has 2 heterocycles. The second-order valence-electron chi connectivity index (χ2n) is 9.79. The standard InChI is InChI=1S/C26H25Cl2FN2O5/c27-14-7-8-16-18(13-14)30-24(36)26(16)20(15-5-4-6-17(28)21(15)29)22(23(34)35)31(12-9-19(32)33)25(26)10-2-1-3-11-25/h4-8,13,20,22H,1-3,9-12H2,(H,30,36)(H,32,33)(H,34,35)/t20?,22?,26-/m1/s1. The van der Waals surface area contributed by atoms with Gasteiger partial charge in [-0.3, -0.25) is 19.3 Å². The van der Waals surface area contributed by atoms with E-state index in [-0.39, 0.29) is 23.6 Å². The number of likely N-dealkylation sites (tertiary alicyclic amines) is 1. The lowest BCUT2D eigenvalue weighted by Crippen LogP contribution is -2.61. The lowest BCUT2D eigenvalue weighted by atomic mass is 9.55. The van der Waals surface area contributed by atoms with Gasteiger partial charge in [0.1, 0.15) is 17.3 Å². The maximum absolute atomic E-state index is 15.7. The Hall–Kier alpha value is -2.68. The Morgan fingerprint density at radius 2 is 1.83 bits per heavy atom. The zero-order valence-corrected chi connectivity index (χ0v) is 20.8. The van der Waals surface area contributed by atoms with Crippen LogP contribution in [-0.4, -0.2) is 51.1 Å². The molecule has 0 bridgehead atoms. The molecule has 0 aromatic heterocycles. The maximum atomic E-state index is 15.7. The molecule has 0 radical (unpaired) electrons. The van der Waals surface area contributed by atoms with Crippen molar-refractivity contribution in [1.29, 1.82) is 0 Å². The molecular formula is C26H25Cl2FN2O5. The highest BCUT2D eigenvalue weighted by Crippen LogP contribution is 2.66. The zero-order chi connectivity index (χ0) is 25.8. The van der Waals surface area contributed by atoms with Crippen molar-refractivity contribution in [2.75, 3.05) is 11.9 Å². The van der Waals surface area contributed by atoms with Crippen LogP contribution >= 0.6 is 23.2 Å². The Bertz CT molecular complexity index is 1260. The minimum absolute atomic E-state index is 0.0237. The summed E-state index contributed by atoms with van der Waals surface area (Å²) >= 11 is 12.4. The van der Waals surface area contributed by atoms with E-state index < -0.39 is 46.6 Å². The fraction of sp³-hybridized carbons (Fsp3) is 0.423. The predicted molar refractivity (Wildman–Crippen MR) is 132 cm³/mol. The van der Waals surface area contributed by atoms with Gasteiger partial charge >= 0.3 is 11.9 Å². The van der Waals surface area contributed by atoms with Crippen molar-refractivity contribution in [3.63, 3.8) is 0 Å². The van der Waals surface area contributed by atoms with E-state index in [0.29, 0.717) is 29.1 Å². The molecule has 10 heteroatoms. The van der Waals surface area contributed by atoms with E-state index in [1.165, 1.54) is 18.2 Å². The largest absolute Gasteiger partial charge is 0.481 e. The number of hydrogen-bond acceptors (Lipinski definition) is 4. The van der Waals surface area contributed by atoms with Crippen molar-refractivity contribution in [1.82, 2.24) is 4.90 Å². The van der Waals surface area contributed by atoms with Gasteiger partial charge < -0.3 is 15.5 Å². The zero-order valence-electron chi connectivity index (χ0n) is 19.3. The lowest BCUT2D eigenvalue weighted by Gasteiger charge is -2.50. The molecule has 2 fully saturated rings. The van der Waals surface area contributed by atoms with Crippen molar-refractivity contribution >= 4 is 46.7 Å². The number of carboxylic acids is 2. The number of carboxylic acid groups (broad SMARTS) is 2. The summed E-state index contributed by atoms with van der Waals surface area (Å²) in [5.41, 5.74) is -1.52. The average molecular weight is 535 g/mol. The predicted octanol–water partition coefficient (Wildman–Crippen LogP) is 5.05. The normalized spacial score (nSPS) is 26.8. The van der Waals surface area contributed by atoms with Crippen LogP contribution in [0.5, 0.6) is 0 Å². The SMILES string of the molecule is O=C(O)CCN1C(C(=O)O)C(c2cccc(Cl)c2F)[C@]2(C(=O)Nc3cc(Cl)ccc32)C12CCCCC2. The summed E-state index contributed by atoms with van der Waals surface area (Å²) in [6, 6.07) is 7.99. The molecule has 2 aromatic rings. The molecule has 5 rings (SSSR count). The van der Waals surface area contributed by atoms with Gasteiger partial charge in [-0.05, 0) is 42.2 Å². The first-order valence-electron chi connectivity index (χ1n) is 11.9.